The molecule has 15 heavy (non-hydrogen) atoms. The highest BCUT2D eigenvalue weighted by Gasteiger charge is 2.18. The van der Waals surface area contributed by atoms with Gasteiger partial charge in [-0.25, -0.2) is 0 Å². The molecule has 2 N–H and O–H groups in total. The van der Waals surface area contributed by atoms with E-state index in [9.17, 15) is 9.59 Å². The van der Waals surface area contributed by atoms with Crippen molar-refractivity contribution in [2.24, 2.45) is 5.73 Å². The van der Waals surface area contributed by atoms with Crippen LogP contribution < -0.4 is 5.73 Å². The second-order valence-electron chi connectivity index (χ2n) is 3.25. The molecule has 1 heterocycles. The van der Waals surface area contributed by atoms with Crippen LogP contribution in [-0.4, -0.2) is 54.3 Å². The zero-order chi connectivity index (χ0) is 11.8. The molecule has 5 nitrogen and oxygen atoms in total. The van der Waals surface area contributed by atoms with Crippen molar-refractivity contribution in [3.63, 3.8) is 0 Å². The largest absolute Gasteiger partial charge is 0.369 e. The van der Waals surface area contributed by atoms with Crippen LogP contribution >= 0.6 is 0 Å². The molecule has 0 aromatic rings. The molecule has 0 saturated carbocycles. The van der Waals surface area contributed by atoms with Crippen LogP contribution in [0.25, 0.3) is 0 Å². The molecule has 0 aliphatic carbocycles. The lowest BCUT2D eigenvalue weighted by Crippen LogP contribution is -2.50. The molecular formula is C10H21N3O2. The van der Waals surface area contributed by atoms with Gasteiger partial charge in [-0.1, -0.05) is 13.8 Å². The molecule has 0 unspecified atom stereocenters. The molecule has 1 aliphatic rings. The average molecular weight is 215 g/mol. The zero-order valence-electron chi connectivity index (χ0n) is 9.82. The number of rotatable bonds is 2. The standard InChI is InChI=1S/C8H15N3O2.C2H6/c1-7(12)11-4-2-10(3-5-11)6-8(9)13;1-2/h2-6H2,1H3,(H2,9,13);1-2H3. The molecule has 0 atom stereocenters. The predicted molar refractivity (Wildman–Crippen MR) is 59.2 cm³/mol. The Morgan fingerprint density at radius 3 is 1.93 bits per heavy atom. The fourth-order valence-corrected chi connectivity index (χ4v) is 1.44. The third kappa shape index (κ3) is 5.37. The lowest BCUT2D eigenvalue weighted by molar-refractivity contribution is -0.130. The van der Waals surface area contributed by atoms with Gasteiger partial charge in [-0.05, 0) is 0 Å². The Bertz CT molecular complexity index is 211. The molecule has 1 aliphatic heterocycles. The second-order valence-corrected chi connectivity index (χ2v) is 3.25. The van der Waals surface area contributed by atoms with Crippen molar-refractivity contribution in [2.45, 2.75) is 20.8 Å². The van der Waals surface area contributed by atoms with E-state index in [2.05, 4.69) is 0 Å². The van der Waals surface area contributed by atoms with Crippen molar-refractivity contribution < 1.29 is 9.59 Å². The van der Waals surface area contributed by atoms with Crippen LogP contribution in [0.2, 0.25) is 0 Å². The Labute approximate surface area is 91.2 Å². The van der Waals surface area contributed by atoms with Crippen LogP contribution in [0.4, 0.5) is 0 Å². The highest BCUT2D eigenvalue weighted by Crippen LogP contribution is 2.00. The van der Waals surface area contributed by atoms with Crippen molar-refractivity contribution >= 4 is 11.8 Å². The summed E-state index contributed by atoms with van der Waals surface area (Å²) in [6, 6.07) is 0. The summed E-state index contributed by atoms with van der Waals surface area (Å²) in [4.78, 5) is 25.3. The van der Waals surface area contributed by atoms with E-state index >= 15 is 0 Å². The van der Waals surface area contributed by atoms with E-state index in [4.69, 9.17) is 5.73 Å². The van der Waals surface area contributed by atoms with Crippen molar-refractivity contribution in [1.29, 1.82) is 0 Å². The minimum atomic E-state index is -0.309. The monoisotopic (exact) mass is 215 g/mol. The molecule has 0 aromatic heterocycles. The smallest absolute Gasteiger partial charge is 0.231 e. The molecule has 0 spiro atoms. The van der Waals surface area contributed by atoms with Crippen molar-refractivity contribution in [1.82, 2.24) is 9.80 Å². The Morgan fingerprint density at radius 1 is 1.13 bits per heavy atom. The normalized spacial score (nSPS) is 16.6. The van der Waals surface area contributed by atoms with Gasteiger partial charge in [0.25, 0.3) is 0 Å². The van der Waals surface area contributed by atoms with Crippen LogP contribution in [0, 0.1) is 0 Å². The summed E-state index contributed by atoms with van der Waals surface area (Å²) in [5, 5.41) is 0. The zero-order valence-corrected chi connectivity index (χ0v) is 9.82. The van der Waals surface area contributed by atoms with Gasteiger partial charge in [0.2, 0.25) is 11.8 Å². The number of hydrogen-bond acceptors (Lipinski definition) is 3. The summed E-state index contributed by atoms with van der Waals surface area (Å²) in [5.41, 5.74) is 5.06. The molecule has 5 heteroatoms. The highest BCUT2D eigenvalue weighted by atomic mass is 16.2. The molecular weight excluding hydrogens is 194 g/mol. The summed E-state index contributed by atoms with van der Waals surface area (Å²) >= 11 is 0. The fourth-order valence-electron chi connectivity index (χ4n) is 1.44. The van der Waals surface area contributed by atoms with Gasteiger partial charge in [-0.2, -0.15) is 0 Å². The van der Waals surface area contributed by atoms with E-state index in [1.807, 2.05) is 18.7 Å². The number of primary amides is 1. The van der Waals surface area contributed by atoms with E-state index in [1.54, 1.807) is 11.8 Å². The summed E-state index contributed by atoms with van der Waals surface area (Å²) in [6.45, 7) is 8.73. The van der Waals surface area contributed by atoms with E-state index in [1.165, 1.54) is 0 Å². The number of amides is 2. The maximum absolute atomic E-state index is 10.9. The van der Waals surface area contributed by atoms with Gasteiger partial charge in [-0.15, -0.1) is 0 Å². The SMILES string of the molecule is CC.CC(=O)N1CCN(CC(N)=O)CC1. The molecule has 1 fully saturated rings. The Balaban J connectivity index is 0.000000921. The van der Waals surface area contributed by atoms with Gasteiger partial charge in [0.1, 0.15) is 0 Å². The summed E-state index contributed by atoms with van der Waals surface area (Å²) in [7, 11) is 0. The molecule has 0 aromatic carbocycles. The Morgan fingerprint density at radius 2 is 1.60 bits per heavy atom. The quantitative estimate of drug-likeness (QED) is 0.685. The first-order valence-corrected chi connectivity index (χ1v) is 5.36. The first kappa shape index (κ1) is 13.9. The number of piperazine rings is 1. The van der Waals surface area contributed by atoms with Gasteiger partial charge in [0, 0.05) is 33.1 Å². The van der Waals surface area contributed by atoms with Crippen LogP contribution in [0.1, 0.15) is 20.8 Å². The molecule has 1 saturated heterocycles. The van der Waals surface area contributed by atoms with Gasteiger partial charge >= 0.3 is 0 Å². The van der Waals surface area contributed by atoms with Crippen LogP contribution in [0.15, 0.2) is 0 Å². The van der Waals surface area contributed by atoms with Crippen molar-refractivity contribution in [2.75, 3.05) is 32.7 Å². The topological polar surface area (TPSA) is 66.6 Å². The lowest BCUT2D eigenvalue weighted by atomic mass is 10.3. The van der Waals surface area contributed by atoms with E-state index in [0.717, 1.165) is 13.1 Å². The first-order chi connectivity index (χ1) is 7.09. The van der Waals surface area contributed by atoms with Crippen LogP contribution in [0.5, 0.6) is 0 Å². The number of nitrogens with two attached hydrogens (primary N) is 1. The van der Waals surface area contributed by atoms with Crippen molar-refractivity contribution in [3.8, 4) is 0 Å². The summed E-state index contributed by atoms with van der Waals surface area (Å²) in [5.74, 6) is -0.213. The van der Waals surface area contributed by atoms with Crippen molar-refractivity contribution in [3.05, 3.63) is 0 Å². The van der Waals surface area contributed by atoms with Crippen LogP contribution in [0.3, 0.4) is 0 Å². The minimum Gasteiger partial charge on any atom is -0.369 e. The molecule has 0 radical (unpaired) electrons. The van der Waals surface area contributed by atoms with Gasteiger partial charge in [-0.3, -0.25) is 14.5 Å². The summed E-state index contributed by atoms with van der Waals surface area (Å²) in [6.07, 6.45) is 0. The molecule has 2 amide bonds. The molecule has 1 rings (SSSR count). The number of carbonyl (C=O) groups is 2. The van der Waals surface area contributed by atoms with E-state index in [-0.39, 0.29) is 11.8 Å². The maximum Gasteiger partial charge on any atom is 0.231 e. The van der Waals surface area contributed by atoms with E-state index in [0.29, 0.717) is 19.6 Å². The number of hydrogen-bond donors (Lipinski definition) is 1. The predicted octanol–water partition coefficient (Wildman–Crippen LogP) is -0.338. The highest BCUT2D eigenvalue weighted by molar-refractivity contribution is 5.76. The van der Waals surface area contributed by atoms with Gasteiger partial charge in [0.05, 0.1) is 6.54 Å². The third-order valence-electron chi connectivity index (χ3n) is 2.20. The average Bonchev–Trinajstić information content (AvgIpc) is 2.20. The summed E-state index contributed by atoms with van der Waals surface area (Å²) < 4.78 is 0. The maximum atomic E-state index is 10.9. The van der Waals surface area contributed by atoms with E-state index < -0.39 is 0 Å². The van der Waals surface area contributed by atoms with Gasteiger partial charge in [0.15, 0.2) is 0 Å². The fraction of sp³-hybridized carbons (Fsp3) is 0.800. The minimum absolute atomic E-state index is 0.0960. The number of nitrogens with zero attached hydrogens (tertiary/aromatic N) is 2. The Hall–Kier alpha value is -1.10. The lowest BCUT2D eigenvalue weighted by Gasteiger charge is -2.33. The second kappa shape index (κ2) is 7.23. The van der Waals surface area contributed by atoms with Crippen LogP contribution in [-0.2, 0) is 9.59 Å². The van der Waals surface area contributed by atoms with Gasteiger partial charge < -0.3 is 10.6 Å². The number of carbonyl (C=O) groups excluding carboxylic acids is 2. The Kier molecular flexibility index (Phi) is 6.70. The first-order valence-electron chi connectivity index (χ1n) is 5.36. The molecule has 88 valence electrons. The molecule has 0 bridgehead atoms. The third-order valence-corrected chi connectivity index (χ3v) is 2.20.